The largest absolute Gasteiger partial charge is 0.452 e. The Morgan fingerprint density at radius 3 is 2.35 bits per heavy atom. The first kappa shape index (κ1) is 15.5. The number of imide groups is 1. The van der Waals surface area contributed by atoms with Crippen molar-refractivity contribution in [3.63, 3.8) is 0 Å². The predicted molar refractivity (Wildman–Crippen MR) is 59.5 cm³/mol. The van der Waals surface area contributed by atoms with E-state index in [1.807, 2.05) is 0 Å². The third kappa shape index (κ3) is 4.26. The van der Waals surface area contributed by atoms with E-state index in [9.17, 15) is 27.6 Å². The standard InChI is InChI=1S/C11H9F3N2O4/c12-11(13,14)7-4-2-1-3-6(7)9(18)20-5-8(17)16-10(15)19/h1-4H,5H2,(H3,15,16,17,19). The molecule has 0 aromatic heterocycles. The molecule has 0 spiro atoms. The van der Waals surface area contributed by atoms with Crippen LogP contribution in [0.25, 0.3) is 0 Å². The number of ether oxygens (including phenoxy) is 1. The fourth-order valence-electron chi connectivity index (χ4n) is 1.29. The summed E-state index contributed by atoms with van der Waals surface area (Å²) < 4.78 is 42.3. The minimum atomic E-state index is -4.73. The van der Waals surface area contributed by atoms with Crippen molar-refractivity contribution in [3.8, 4) is 0 Å². The third-order valence-corrected chi connectivity index (χ3v) is 2.05. The number of carbonyl (C=O) groups is 3. The van der Waals surface area contributed by atoms with E-state index in [-0.39, 0.29) is 0 Å². The second-order valence-electron chi connectivity index (χ2n) is 3.53. The van der Waals surface area contributed by atoms with Gasteiger partial charge in [0.2, 0.25) is 0 Å². The number of carbonyl (C=O) groups excluding carboxylic acids is 3. The summed E-state index contributed by atoms with van der Waals surface area (Å²) in [5.41, 5.74) is 2.72. The minimum absolute atomic E-state index is 0.708. The van der Waals surface area contributed by atoms with E-state index in [2.05, 4.69) is 10.5 Å². The van der Waals surface area contributed by atoms with E-state index in [4.69, 9.17) is 0 Å². The van der Waals surface area contributed by atoms with Crippen LogP contribution in [0.1, 0.15) is 15.9 Å². The number of nitrogens with one attached hydrogen (secondary N) is 1. The second-order valence-corrected chi connectivity index (χ2v) is 3.53. The van der Waals surface area contributed by atoms with Gasteiger partial charge in [-0.1, -0.05) is 12.1 Å². The molecule has 108 valence electrons. The molecule has 0 saturated heterocycles. The van der Waals surface area contributed by atoms with Gasteiger partial charge in [-0.05, 0) is 12.1 Å². The molecule has 0 saturated carbocycles. The maximum atomic E-state index is 12.6. The van der Waals surface area contributed by atoms with Gasteiger partial charge in [0.25, 0.3) is 5.91 Å². The molecule has 3 amide bonds. The van der Waals surface area contributed by atoms with Crippen molar-refractivity contribution in [2.45, 2.75) is 6.18 Å². The lowest BCUT2D eigenvalue weighted by Crippen LogP contribution is -2.37. The van der Waals surface area contributed by atoms with E-state index >= 15 is 0 Å². The Bertz CT molecular complexity index is 543. The number of rotatable bonds is 3. The zero-order chi connectivity index (χ0) is 15.3. The maximum Gasteiger partial charge on any atom is 0.417 e. The minimum Gasteiger partial charge on any atom is -0.452 e. The monoisotopic (exact) mass is 290 g/mol. The molecule has 3 N–H and O–H groups in total. The van der Waals surface area contributed by atoms with E-state index in [0.29, 0.717) is 6.07 Å². The second kappa shape index (κ2) is 6.04. The summed E-state index contributed by atoms with van der Waals surface area (Å²) in [6.45, 7) is -0.923. The van der Waals surface area contributed by atoms with Crippen molar-refractivity contribution < 1.29 is 32.3 Å². The number of hydrogen-bond acceptors (Lipinski definition) is 4. The average molecular weight is 290 g/mol. The fourth-order valence-corrected chi connectivity index (χ4v) is 1.29. The Kier molecular flexibility index (Phi) is 4.68. The molecule has 0 bridgehead atoms. The third-order valence-electron chi connectivity index (χ3n) is 2.05. The van der Waals surface area contributed by atoms with E-state index < -0.39 is 41.8 Å². The Morgan fingerprint density at radius 1 is 1.20 bits per heavy atom. The highest BCUT2D eigenvalue weighted by Crippen LogP contribution is 2.32. The summed E-state index contributed by atoms with van der Waals surface area (Å²) in [5, 5.41) is 1.59. The Hall–Kier alpha value is -2.58. The number of benzene rings is 1. The van der Waals surface area contributed by atoms with Crippen LogP contribution in [0.15, 0.2) is 24.3 Å². The van der Waals surface area contributed by atoms with Crippen molar-refractivity contribution >= 4 is 17.9 Å². The molecule has 0 heterocycles. The van der Waals surface area contributed by atoms with Gasteiger partial charge in [-0.15, -0.1) is 0 Å². The summed E-state index contributed by atoms with van der Waals surface area (Å²) in [4.78, 5) is 32.8. The molecule has 0 aliphatic carbocycles. The van der Waals surface area contributed by atoms with Crippen LogP contribution in [0.2, 0.25) is 0 Å². The van der Waals surface area contributed by atoms with Crippen LogP contribution in [-0.2, 0) is 15.7 Å². The summed E-state index contributed by atoms with van der Waals surface area (Å²) in [5.74, 6) is -2.38. The van der Waals surface area contributed by atoms with Crippen molar-refractivity contribution in [1.82, 2.24) is 5.32 Å². The molecule has 6 nitrogen and oxygen atoms in total. The van der Waals surface area contributed by atoms with E-state index in [1.165, 1.54) is 6.07 Å². The lowest BCUT2D eigenvalue weighted by atomic mass is 10.1. The molecule has 1 aromatic carbocycles. The number of nitrogens with two attached hydrogens (primary N) is 1. The first-order valence-electron chi connectivity index (χ1n) is 5.14. The highest BCUT2D eigenvalue weighted by molar-refractivity contribution is 5.96. The van der Waals surface area contributed by atoms with Crippen molar-refractivity contribution in [2.75, 3.05) is 6.61 Å². The van der Waals surface area contributed by atoms with Crippen LogP contribution in [-0.4, -0.2) is 24.5 Å². The molecule has 1 aromatic rings. The highest BCUT2D eigenvalue weighted by Gasteiger charge is 2.35. The summed E-state index contributed by atoms with van der Waals surface area (Å²) in [7, 11) is 0. The van der Waals surface area contributed by atoms with Gasteiger partial charge in [0.15, 0.2) is 6.61 Å². The van der Waals surface area contributed by atoms with E-state index in [1.54, 1.807) is 5.32 Å². The SMILES string of the molecule is NC(=O)NC(=O)COC(=O)c1ccccc1C(F)(F)F. The van der Waals surface area contributed by atoms with Gasteiger partial charge in [-0.25, -0.2) is 9.59 Å². The van der Waals surface area contributed by atoms with Crippen LogP contribution in [0.3, 0.4) is 0 Å². The van der Waals surface area contributed by atoms with Gasteiger partial charge in [0, 0.05) is 0 Å². The molecule has 0 unspecified atom stereocenters. The molecular formula is C11H9F3N2O4. The number of halogens is 3. The number of alkyl halides is 3. The quantitative estimate of drug-likeness (QED) is 0.813. The molecule has 1 rings (SSSR count). The summed E-state index contributed by atoms with van der Waals surface area (Å²) in [6, 6.07) is 2.79. The lowest BCUT2D eigenvalue weighted by molar-refractivity contribution is -0.138. The molecule has 0 fully saturated rings. The fraction of sp³-hybridized carbons (Fsp3) is 0.182. The van der Waals surface area contributed by atoms with E-state index in [0.717, 1.165) is 12.1 Å². The van der Waals surface area contributed by atoms with Gasteiger partial charge in [-0.2, -0.15) is 13.2 Å². The Labute approximate surface area is 110 Å². The van der Waals surface area contributed by atoms with Gasteiger partial charge in [0.05, 0.1) is 11.1 Å². The van der Waals surface area contributed by atoms with Gasteiger partial charge in [0.1, 0.15) is 0 Å². The first-order valence-corrected chi connectivity index (χ1v) is 5.14. The first-order chi connectivity index (χ1) is 9.21. The smallest absolute Gasteiger partial charge is 0.417 e. The molecule has 0 radical (unpaired) electrons. The van der Waals surface area contributed by atoms with Crippen molar-refractivity contribution in [3.05, 3.63) is 35.4 Å². The molecule has 9 heteroatoms. The highest BCUT2D eigenvalue weighted by atomic mass is 19.4. The normalized spacial score (nSPS) is 10.8. The molecule has 0 aliphatic heterocycles. The molecular weight excluding hydrogens is 281 g/mol. The van der Waals surface area contributed by atoms with Gasteiger partial charge in [-0.3, -0.25) is 10.1 Å². The van der Waals surface area contributed by atoms with Crippen LogP contribution >= 0.6 is 0 Å². The number of amides is 3. The van der Waals surface area contributed by atoms with Crippen LogP contribution in [0.4, 0.5) is 18.0 Å². The number of urea groups is 1. The summed E-state index contributed by atoms with van der Waals surface area (Å²) in [6.07, 6.45) is -4.73. The molecule has 20 heavy (non-hydrogen) atoms. The Balaban J connectivity index is 2.79. The topological polar surface area (TPSA) is 98.5 Å². The molecule has 0 aliphatic rings. The average Bonchev–Trinajstić information content (AvgIpc) is 2.34. The Morgan fingerprint density at radius 2 is 1.80 bits per heavy atom. The van der Waals surface area contributed by atoms with Crippen molar-refractivity contribution in [2.24, 2.45) is 5.73 Å². The lowest BCUT2D eigenvalue weighted by Gasteiger charge is -2.11. The van der Waals surface area contributed by atoms with Gasteiger partial charge >= 0.3 is 18.2 Å². The number of primary amides is 1. The number of hydrogen-bond donors (Lipinski definition) is 2. The maximum absolute atomic E-state index is 12.6. The van der Waals surface area contributed by atoms with Crippen LogP contribution in [0, 0.1) is 0 Å². The van der Waals surface area contributed by atoms with Crippen LogP contribution < -0.4 is 11.1 Å². The zero-order valence-electron chi connectivity index (χ0n) is 9.86. The van der Waals surface area contributed by atoms with Crippen molar-refractivity contribution in [1.29, 1.82) is 0 Å². The van der Waals surface area contributed by atoms with Gasteiger partial charge < -0.3 is 10.5 Å². The zero-order valence-corrected chi connectivity index (χ0v) is 9.86. The molecule has 0 atom stereocenters. The predicted octanol–water partition coefficient (Wildman–Crippen LogP) is 1.06. The van der Waals surface area contributed by atoms with Crippen LogP contribution in [0.5, 0.6) is 0 Å². The summed E-state index contributed by atoms with van der Waals surface area (Å²) >= 11 is 0. The number of esters is 1.